The molecule has 2 unspecified atom stereocenters. The van der Waals surface area contributed by atoms with E-state index in [9.17, 15) is 4.21 Å². The summed E-state index contributed by atoms with van der Waals surface area (Å²) in [6, 6.07) is 19.8. The quantitative estimate of drug-likeness (QED) is 0.344. The summed E-state index contributed by atoms with van der Waals surface area (Å²) in [4.78, 5) is 5.43. The molecule has 0 aromatic heterocycles. The van der Waals surface area contributed by atoms with Crippen molar-refractivity contribution in [2.45, 2.75) is 31.3 Å². The van der Waals surface area contributed by atoms with Crippen LogP contribution in [0.1, 0.15) is 31.9 Å². The molecule has 152 valence electrons. The van der Waals surface area contributed by atoms with E-state index < -0.39 is 10.8 Å². The van der Waals surface area contributed by atoms with Crippen LogP contribution in [0.25, 0.3) is 0 Å². The number of hydrogen-bond acceptors (Lipinski definition) is 3. The van der Waals surface area contributed by atoms with Crippen molar-refractivity contribution in [2.75, 3.05) is 32.0 Å². The molecule has 2 rings (SSSR count). The number of nitrogens with zero attached hydrogens (tertiary/aromatic N) is 1. The van der Waals surface area contributed by atoms with Crippen molar-refractivity contribution in [1.29, 1.82) is 0 Å². The van der Waals surface area contributed by atoms with Gasteiger partial charge in [-0.05, 0) is 38.0 Å². The third-order valence-corrected chi connectivity index (χ3v) is 5.51. The second-order valence-electron chi connectivity index (χ2n) is 6.33. The van der Waals surface area contributed by atoms with Gasteiger partial charge in [0.05, 0.1) is 16.9 Å². The molecule has 0 saturated heterocycles. The molecule has 2 aromatic rings. The normalized spacial score (nSPS) is 13.7. The van der Waals surface area contributed by atoms with E-state index in [0.29, 0.717) is 25.4 Å². The summed E-state index contributed by atoms with van der Waals surface area (Å²) >= 11 is 0. The Balaban J connectivity index is 1.67. The van der Waals surface area contributed by atoms with E-state index in [1.165, 1.54) is 5.56 Å². The smallest absolute Gasteiger partial charge is 0.191 e. The van der Waals surface area contributed by atoms with Gasteiger partial charge in [-0.15, -0.1) is 0 Å². The van der Waals surface area contributed by atoms with Crippen molar-refractivity contribution < 1.29 is 8.95 Å². The van der Waals surface area contributed by atoms with Crippen molar-refractivity contribution in [1.82, 2.24) is 10.6 Å². The summed E-state index contributed by atoms with van der Waals surface area (Å²) in [7, 11) is -1.00. The van der Waals surface area contributed by atoms with Crippen LogP contribution < -0.4 is 10.6 Å². The molecule has 2 aromatic carbocycles. The predicted octanol–water partition coefficient (Wildman–Crippen LogP) is 3.52. The maximum absolute atomic E-state index is 12.3. The molecule has 0 heterocycles. The Morgan fingerprint density at radius 1 is 1.07 bits per heavy atom. The summed E-state index contributed by atoms with van der Waals surface area (Å²) in [5.74, 6) is 1.30. The number of aliphatic imine (C=N–C) groups is 1. The molecule has 0 fully saturated rings. The molecule has 0 radical (unpaired) electrons. The first-order valence-electron chi connectivity index (χ1n) is 9.83. The number of benzene rings is 2. The van der Waals surface area contributed by atoms with Crippen LogP contribution in [0.2, 0.25) is 0 Å². The van der Waals surface area contributed by atoms with Gasteiger partial charge in [0.1, 0.15) is 0 Å². The Labute approximate surface area is 171 Å². The van der Waals surface area contributed by atoms with E-state index in [1.54, 1.807) is 0 Å². The van der Waals surface area contributed by atoms with Crippen molar-refractivity contribution in [2.24, 2.45) is 4.99 Å². The molecule has 5 nitrogen and oxygen atoms in total. The van der Waals surface area contributed by atoms with Gasteiger partial charge in [0.15, 0.2) is 5.96 Å². The molecule has 0 spiro atoms. The zero-order valence-corrected chi connectivity index (χ0v) is 17.6. The molecular formula is C22H31N3O2S. The second kappa shape index (κ2) is 13.1. The van der Waals surface area contributed by atoms with Gasteiger partial charge in [-0.25, -0.2) is 0 Å². The standard InChI is InChI=1S/C22H31N3O2S/c1-3-23-22(25-16-18-28(26)21-13-8-5-9-14-21)24-15-10-17-27-19(2)20-11-6-4-7-12-20/h4-9,11-14,19H,3,10,15-18H2,1-2H3,(H2,23,24,25). The third kappa shape index (κ3) is 8.23. The highest BCUT2D eigenvalue weighted by molar-refractivity contribution is 7.85. The Kier molecular flexibility index (Phi) is 10.3. The van der Waals surface area contributed by atoms with Gasteiger partial charge >= 0.3 is 0 Å². The Morgan fingerprint density at radius 3 is 2.43 bits per heavy atom. The molecule has 0 aliphatic carbocycles. The highest BCUT2D eigenvalue weighted by Crippen LogP contribution is 2.15. The molecule has 0 amide bonds. The highest BCUT2D eigenvalue weighted by Gasteiger charge is 2.05. The van der Waals surface area contributed by atoms with Crippen LogP contribution in [0.15, 0.2) is 70.6 Å². The summed E-state index contributed by atoms with van der Waals surface area (Å²) in [5, 5.41) is 6.47. The molecular weight excluding hydrogens is 370 g/mol. The van der Waals surface area contributed by atoms with Crippen molar-refractivity contribution >= 4 is 16.8 Å². The van der Waals surface area contributed by atoms with E-state index >= 15 is 0 Å². The molecule has 2 N–H and O–H groups in total. The zero-order chi connectivity index (χ0) is 20.0. The average Bonchev–Trinajstić information content (AvgIpc) is 2.74. The van der Waals surface area contributed by atoms with E-state index in [-0.39, 0.29) is 6.10 Å². The van der Waals surface area contributed by atoms with Crippen molar-refractivity contribution in [3.63, 3.8) is 0 Å². The lowest BCUT2D eigenvalue weighted by atomic mass is 10.1. The molecule has 0 saturated carbocycles. The van der Waals surface area contributed by atoms with E-state index in [2.05, 4.69) is 34.7 Å². The topological polar surface area (TPSA) is 62.7 Å². The Bertz CT molecular complexity index is 723. The molecule has 28 heavy (non-hydrogen) atoms. The Morgan fingerprint density at radius 2 is 1.75 bits per heavy atom. The number of hydrogen-bond donors (Lipinski definition) is 2. The summed E-state index contributed by atoms with van der Waals surface area (Å²) < 4.78 is 18.1. The first kappa shape index (κ1) is 22.1. The minimum Gasteiger partial charge on any atom is -0.374 e. The summed E-state index contributed by atoms with van der Waals surface area (Å²) in [6.07, 6.45) is 0.938. The van der Waals surface area contributed by atoms with Crippen LogP contribution >= 0.6 is 0 Å². The van der Waals surface area contributed by atoms with E-state index in [1.807, 2.05) is 55.5 Å². The second-order valence-corrected chi connectivity index (χ2v) is 7.90. The molecule has 0 aliphatic heterocycles. The van der Waals surface area contributed by atoms with Crippen LogP contribution in [-0.4, -0.2) is 42.2 Å². The van der Waals surface area contributed by atoms with Crippen molar-refractivity contribution in [3.8, 4) is 0 Å². The first-order chi connectivity index (χ1) is 13.7. The van der Waals surface area contributed by atoms with Gasteiger partial charge in [0.25, 0.3) is 0 Å². The SMILES string of the molecule is CCNC(=NCCCOC(C)c1ccccc1)NCCS(=O)c1ccccc1. The van der Waals surface area contributed by atoms with Gasteiger partial charge in [0, 0.05) is 36.9 Å². The lowest BCUT2D eigenvalue weighted by Crippen LogP contribution is -2.39. The maximum Gasteiger partial charge on any atom is 0.191 e. The molecule has 2 atom stereocenters. The summed E-state index contributed by atoms with van der Waals surface area (Å²) in [5.41, 5.74) is 1.19. The average molecular weight is 402 g/mol. The van der Waals surface area contributed by atoms with Crippen LogP contribution in [0.3, 0.4) is 0 Å². The molecule has 0 aliphatic rings. The van der Waals surface area contributed by atoms with Crippen molar-refractivity contribution in [3.05, 3.63) is 66.2 Å². The monoisotopic (exact) mass is 401 g/mol. The fraction of sp³-hybridized carbons (Fsp3) is 0.409. The summed E-state index contributed by atoms with van der Waals surface area (Å²) in [6.45, 7) is 6.83. The van der Waals surface area contributed by atoms with E-state index in [0.717, 1.165) is 23.8 Å². The van der Waals surface area contributed by atoms with Crippen LogP contribution in [0.5, 0.6) is 0 Å². The van der Waals surface area contributed by atoms with E-state index in [4.69, 9.17) is 4.74 Å². The van der Waals surface area contributed by atoms with Crippen LogP contribution in [0.4, 0.5) is 0 Å². The largest absolute Gasteiger partial charge is 0.374 e. The van der Waals surface area contributed by atoms with Gasteiger partial charge in [-0.2, -0.15) is 0 Å². The van der Waals surface area contributed by atoms with Gasteiger partial charge in [0.2, 0.25) is 0 Å². The molecule has 6 heteroatoms. The van der Waals surface area contributed by atoms with Gasteiger partial charge < -0.3 is 15.4 Å². The zero-order valence-electron chi connectivity index (χ0n) is 16.8. The first-order valence-corrected chi connectivity index (χ1v) is 11.1. The number of guanidine groups is 1. The minimum atomic E-state index is -1.00. The minimum absolute atomic E-state index is 0.0875. The fourth-order valence-electron chi connectivity index (χ4n) is 2.63. The third-order valence-electron chi connectivity index (χ3n) is 4.14. The van der Waals surface area contributed by atoms with Gasteiger partial charge in [-0.3, -0.25) is 9.20 Å². The number of nitrogens with one attached hydrogen (secondary N) is 2. The lowest BCUT2D eigenvalue weighted by Gasteiger charge is -2.13. The fourth-order valence-corrected chi connectivity index (χ4v) is 3.61. The highest BCUT2D eigenvalue weighted by atomic mass is 32.2. The number of ether oxygens (including phenoxy) is 1. The maximum atomic E-state index is 12.3. The van der Waals surface area contributed by atoms with Gasteiger partial charge in [-0.1, -0.05) is 48.5 Å². The van der Waals surface area contributed by atoms with Crippen LogP contribution in [0, 0.1) is 0 Å². The predicted molar refractivity (Wildman–Crippen MR) is 117 cm³/mol. The lowest BCUT2D eigenvalue weighted by molar-refractivity contribution is 0.0652. The number of rotatable bonds is 11. The van der Waals surface area contributed by atoms with Crippen LogP contribution in [-0.2, 0) is 15.5 Å². The molecule has 0 bridgehead atoms. The Hall–Kier alpha value is -2.18.